The Bertz CT molecular complexity index is 842. The molecular weight excluding hydrogens is 292 g/mol. The zero-order chi connectivity index (χ0) is 16.6. The minimum atomic E-state index is -0.348. The number of fused-ring (bicyclic) bond motifs is 1. The molecule has 1 aliphatic carbocycles. The summed E-state index contributed by atoms with van der Waals surface area (Å²) in [7, 11) is 3.17. The molecular formula is C17H24N4O2. The second-order valence-electron chi connectivity index (χ2n) is 6.55. The first-order valence-corrected chi connectivity index (χ1v) is 8.32. The van der Waals surface area contributed by atoms with Crippen LogP contribution in [-0.2, 0) is 14.1 Å². The van der Waals surface area contributed by atoms with Gasteiger partial charge in [-0.2, -0.15) is 0 Å². The lowest BCUT2D eigenvalue weighted by atomic mass is 10.1. The van der Waals surface area contributed by atoms with Crippen LogP contribution in [0.25, 0.3) is 11.0 Å². The molecule has 1 aliphatic rings. The Kier molecular flexibility index (Phi) is 4.24. The summed E-state index contributed by atoms with van der Waals surface area (Å²) in [5.41, 5.74) is 1.59. The van der Waals surface area contributed by atoms with Gasteiger partial charge < -0.3 is 5.32 Å². The molecule has 0 aliphatic heterocycles. The number of hydrogen-bond donors (Lipinski definition) is 1. The molecule has 6 nitrogen and oxygen atoms in total. The molecule has 6 heteroatoms. The molecule has 124 valence electrons. The van der Waals surface area contributed by atoms with Gasteiger partial charge in [-0.25, -0.2) is 9.78 Å². The SMILES string of the molecule is Cc1cnc2c(c1NC1CCCCCC1)c(=O)n(C)c(=O)n2C. The summed E-state index contributed by atoms with van der Waals surface area (Å²) >= 11 is 0. The maximum Gasteiger partial charge on any atom is 0.332 e. The van der Waals surface area contributed by atoms with Crippen molar-refractivity contribution in [2.24, 2.45) is 14.1 Å². The summed E-state index contributed by atoms with van der Waals surface area (Å²) in [6.07, 6.45) is 8.98. The lowest BCUT2D eigenvalue weighted by molar-refractivity contribution is 0.619. The van der Waals surface area contributed by atoms with E-state index in [1.165, 1.54) is 37.3 Å². The predicted molar refractivity (Wildman–Crippen MR) is 92.1 cm³/mol. The van der Waals surface area contributed by atoms with Crippen LogP contribution in [0.15, 0.2) is 15.8 Å². The Labute approximate surface area is 135 Å². The fourth-order valence-corrected chi connectivity index (χ4v) is 3.44. The zero-order valence-corrected chi connectivity index (χ0v) is 14.1. The minimum absolute atomic E-state index is 0.282. The molecule has 0 bridgehead atoms. The molecule has 1 saturated carbocycles. The fourth-order valence-electron chi connectivity index (χ4n) is 3.44. The van der Waals surface area contributed by atoms with Gasteiger partial charge in [-0.05, 0) is 25.3 Å². The molecule has 1 fully saturated rings. The number of rotatable bonds is 2. The second kappa shape index (κ2) is 6.18. The average molecular weight is 316 g/mol. The van der Waals surface area contributed by atoms with Crippen LogP contribution in [0.2, 0.25) is 0 Å². The van der Waals surface area contributed by atoms with Crippen molar-refractivity contribution in [2.45, 2.75) is 51.5 Å². The van der Waals surface area contributed by atoms with Gasteiger partial charge >= 0.3 is 5.69 Å². The molecule has 3 rings (SSSR count). The molecule has 0 unspecified atom stereocenters. The molecule has 0 aromatic carbocycles. The van der Waals surface area contributed by atoms with E-state index in [9.17, 15) is 9.59 Å². The molecule has 23 heavy (non-hydrogen) atoms. The molecule has 0 spiro atoms. The van der Waals surface area contributed by atoms with Crippen molar-refractivity contribution in [3.63, 3.8) is 0 Å². The molecule has 0 amide bonds. The quantitative estimate of drug-likeness (QED) is 0.861. The van der Waals surface area contributed by atoms with E-state index in [0.717, 1.165) is 28.7 Å². The highest BCUT2D eigenvalue weighted by atomic mass is 16.2. The number of nitrogens with one attached hydrogen (secondary N) is 1. The second-order valence-corrected chi connectivity index (χ2v) is 6.55. The first kappa shape index (κ1) is 15.8. The van der Waals surface area contributed by atoms with Crippen molar-refractivity contribution in [1.29, 1.82) is 0 Å². The van der Waals surface area contributed by atoms with Crippen molar-refractivity contribution >= 4 is 16.7 Å². The lowest BCUT2D eigenvalue weighted by Crippen LogP contribution is -2.38. The van der Waals surface area contributed by atoms with Crippen molar-refractivity contribution < 1.29 is 0 Å². The molecule has 0 saturated heterocycles. The van der Waals surface area contributed by atoms with E-state index in [4.69, 9.17) is 0 Å². The van der Waals surface area contributed by atoms with E-state index in [0.29, 0.717) is 17.1 Å². The third kappa shape index (κ3) is 2.78. The Balaban J connectivity index is 2.17. The van der Waals surface area contributed by atoms with Crippen LogP contribution < -0.4 is 16.6 Å². The van der Waals surface area contributed by atoms with E-state index < -0.39 is 0 Å². The van der Waals surface area contributed by atoms with E-state index in [2.05, 4.69) is 10.3 Å². The maximum absolute atomic E-state index is 12.7. The predicted octanol–water partition coefficient (Wildman–Crippen LogP) is 2.08. The van der Waals surface area contributed by atoms with Gasteiger partial charge in [0, 0.05) is 26.3 Å². The van der Waals surface area contributed by atoms with Gasteiger partial charge in [-0.3, -0.25) is 13.9 Å². The Morgan fingerprint density at radius 3 is 2.39 bits per heavy atom. The highest BCUT2D eigenvalue weighted by Gasteiger charge is 2.19. The van der Waals surface area contributed by atoms with Crippen LogP contribution in [0, 0.1) is 6.92 Å². The van der Waals surface area contributed by atoms with Gasteiger partial charge in [0.25, 0.3) is 5.56 Å². The number of aryl methyl sites for hydroxylation is 2. The maximum atomic E-state index is 12.7. The van der Waals surface area contributed by atoms with Crippen LogP contribution in [0.5, 0.6) is 0 Å². The van der Waals surface area contributed by atoms with Crippen LogP contribution in [0.1, 0.15) is 44.1 Å². The number of aromatic nitrogens is 3. The lowest BCUT2D eigenvalue weighted by Gasteiger charge is -2.21. The molecule has 0 radical (unpaired) electrons. The summed E-state index contributed by atoms with van der Waals surface area (Å²) in [5.74, 6) is 0. The van der Waals surface area contributed by atoms with Gasteiger partial charge in [-0.1, -0.05) is 25.7 Å². The van der Waals surface area contributed by atoms with Crippen molar-refractivity contribution in [1.82, 2.24) is 14.1 Å². The van der Waals surface area contributed by atoms with Gasteiger partial charge in [0.15, 0.2) is 5.65 Å². The third-order valence-electron chi connectivity index (χ3n) is 4.86. The first-order valence-electron chi connectivity index (χ1n) is 8.32. The highest BCUT2D eigenvalue weighted by molar-refractivity contribution is 5.90. The van der Waals surface area contributed by atoms with Gasteiger partial charge in [0.2, 0.25) is 0 Å². The number of nitrogens with zero attached hydrogens (tertiary/aromatic N) is 3. The molecule has 1 N–H and O–H groups in total. The molecule has 2 heterocycles. The van der Waals surface area contributed by atoms with Gasteiger partial charge in [0.05, 0.1) is 5.69 Å². The molecule has 0 atom stereocenters. The highest BCUT2D eigenvalue weighted by Crippen LogP contribution is 2.26. The average Bonchev–Trinajstić information content (AvgIpc) is 2.81. The van der Waals surface area contributed by atoms with Crippen LogP contribution in [-0.4, -0.2) is 20.2 Å². The van der Waals surface area contributed by atoms with Gasteiger partial charge in [0.1, 0.15) is 5.39 Å². The monoisotopic (exact) mass is 316 g/mol. The summed E-state index contributed by atoms with van der Waals surface area (Å²) in [6.45, 7) is 1.95. The van der Waals surface area contributed by atoms with E-state index in [1.54, 1.807) is 13.2 Å². The normalized spacial score (nSPS) is 16.5. The Hall–Kier alpha value is -2.11. The fraction of sp³-hybridized carbons (Fsp3) is 0.588. The van der Waals surface area contributed by atoms with Crippen molar-refractivity contribution in [3.8, 4) is 0 Å². The van der Waals surface area contributed by atoms with Crippen LogP contribution in [0.3, 0.4) is 0 Å². The van der Waals surface area contributed by atoms with Crippen molar-refractivity contribution in [3.05, 3.63) is 32.6 Å². The smallest absolute Gasteiger partial charge is 0.332 e. The Morgan fingerprint density at radius 1 is 1.09 bits per heavy atom. The third-order valence-corrected chi connectivity index (χ3v) is 4.86. The zero-order valence-electron chi connectivity index (χ0n) is 14.1. The number of hydrogen-bond acceptors (Lipinski definition) is 4. The van der Waals surface area contributed by atoms with Crippen LogP contribution in [0.4, 0.5) is 5.69 Å². The van der Waals surface area contributed by atoms with Crippen LogP contribution >= 0.6 is 0 Å². The first-order chi connectivity index (χ1) is 11.0. The number of anilines is 1. The van der Waals surface area contributed by atoms with Gasteiger partial charge in [-0.15, -0.1) is 0 Å². The largest absolute Gasteiger partial charge is 0.381 e. The van der Waals surface area contributed by atoms with E-state index >= 15 is 0 Å². The summed E-state index contributed by atoms with van der Waals surface area (Å²) in [4.78, 5) is 29.1. The summed E-state index contributed by atoms with van der Waals surface area (Å²) in [5, 5.41) is 4.09. The van der Waals surface area contributed by atoms with E-state index in [-0.39, 0.29) is 11.2 Å². The Morgan fingerprint density at radius 2 is 1.74 bits per heavy atom. The summed E-state index contributed by atoms with van der Waals surface area (Å²) in [6, 6.07) is 0.378. The topological polar surface area (TPSA) is 68.9 Å². The summed E-state index contributed by atoms with van der Waals surface area (Å²) < 4.78 is 2.59. The van der Waals surface area contributed by atoms with Crippen molar-refractivity contribution in [2.75, 3.05) is 5.32 Å². The molecule has 2 aromatic heterocycles. The minimum Gasteiger partial charge on any atom is -0.381 e. The standard InChI is InChI=1S/C17H24N4O2/c1-11-10-18-15-13(16(22)21(3)17(23)20(15)2)14(11)19-12-8-6-4-5-7-9-12/h10,12H,4-9H2,1-3H3,(H,18,19). The molecule has 2 aromatic rings. The number of pyridine rings is 1. The van der Waals surface area contributed by atoms with E-state index in [1.807, 2.05) is 6.92 Å².